The average Bonchev–Trinajstić information content (AvgIpc) is 2.38. The molecule has 98 valence electrons. The quantitative estimate of drug-likeness (QED) is 0.857. The number of anilines is 1. The number of ether oxygens (including phenoxy) is 2. The topological polar surface area (TPSA) is 44.5 Å². The van der Waals surface area contributed by atoms with E-state index in [1.54, 1.807) is 7.11 Å². The zero-order chi connectivity index (χ0) is 13.3. The molecule has 0 saturated carbocycles. The highest BCUT2D eigenvalue weighted by Gasteiger charge is 2.43. The highest BCUT2D eigenvalue weighted by atomic mass is 16.5. The summed E-state index contributed by atoms with van der Waals surface area (Å²) in [6, 6.07) is 16.1. The standard InChI is InChI=1S/C16H17NO2/c1-18-15-8-3-2-7-14(15)16(10-19-11-16)12-5-4-6-13(17)9-12/h2-9H,10-11,17H2,1H3. The second-order valence-electron chi connectivity index (χ2n) is 4.90. The molecule has 2 aromatic carbocycles. The third-order valence-corrected chi connectivity index (χ3v) is 3.76. The van der Waals surface area contributed by atoms with Crippen molar-refractivity contribution in [2.75, 3.05) is 26.1 Å². The molecule has 2 N–H and O–H groups in total. The molecule has 0 unspecified atom stereocenters. The molecule has 0 aliphatic carbocycles. The summed E-state index contributed by atoms with van der Waals surface area (Å²) < 4.78 is 11.0. The first-order valence-electron chi connectivity index (χ1n) is 6.33. The number of hydrogen-bond donors (Lipinski definition) is 1. The van der Waals surface area contributed by atoms with Crippen molar-refractivity contribution in [3.8, 4) is 5.75 Å². The first kappa shape index (κ1) is 12.1. The van der Waals surface area contributed by atoms with Crippen LogP contribution in [-0.2, 0) is 10.2 Å². The van der Waals surface area contributed by atoms with Gasteiger partial charge in [0.15, 0.2) is 0 Å². The Hall–Kier alpha value is -2.00. The van der Waals surface area contributed by atoms with E-state index in [2.05, 4.69) is 12.1 Å². The van der Waals surface area contributed by atoms with Gasteiger partial charge in [0.05, 0.1) is 25.7 Å². The Labute approximate surface area is 113 Å². The molecular weight excluding hydrogens is 238 g/mol. The third-order valence-electron chi connectivity index (χ3n) is 3.76. The summed E-state index contributed by atoms with van der Waals surface area (Å²) in [5.74, 6) is 0.897. The van der Waals surface area contributed by atoms with Gasteiger partial charge < -0.3 is 15.2 Å². The molecule has 0 radical (unpaired) electrons. The minimum absolute atomic E-state index is 0.137. The molecule has 1 aliphatic heterocycles. The van der Waals surface area contributed by atoms with E-state index in [9.17, 15) is 0 Å². The fourth-order valence-electron chi connectivity index (χ4n) is 2.66. The number of nitrogens with two attached hydrogens (primary N) is 1. The molecule has 3 heteroatoms. The van der Waals surface area contributed by atoms with Crippen LogP contribution in [0.25, 0.3) is 0 Å². The lowest BCUT2D eigenvalue weighted by atomic mass is 9.72. The van der Waals surface area contributed by atoms with Crippen LogP contribution in [0.4, 0.5) is 5.69 Å². The molecular formula is C16H17NO2. The van der Waals surface area contributed by atoms with Crippen molar-refractivity contribution in [3.63, 3.8) is 0 Å². The zero-order valence-corrected chi connectivity index (χ0v) is 10.9. The van der Waals surface area contributed by atoms with Gasteiger partial charge in [-0.2, -0.15) is 0 Å². The van der Waals surface area contributed by atoms with E-state index in [0.717, 1.165) is 17.0 Å². The maximum absolute atomic E-state index is 5.91. The van der Waals surface area contributed by atoms with Gasteiger partial charge in [-0.1, -0.05) is 30.3 Å². The first-order valence-corrected chi connectivity index (χ1v) is 6.33. The van der Waals surface area contributed by atoms with Crippen LogP contribution in [0.5, 0.6) is 5.75 Å². The van der Waals surface area contributed by atoms with Gasteiger partial charge >= 0.3 is 0 Å². The van der Waals surface area contributed by atoms with Crippen LogP contribution in [0.15, 0.2) is 48.5 Å². The van der Waals surface area contributed by atoms with Crippen LogP contribution < -0.4 is 10.5 Å². The third kappa shape index (κ3) is 1.87. The Morgan fingerprint density at radius 1 is 1.11 bits per heavy atom. The Kier molecular flexibility index (Phi) is 2.91. The Balaban J connectivity index is 2.13. The van der Waals surface area contributed by atoms with Crippen molar-refractivity contribution >= 4 is 5.69 Å². The molecule has 1 aliphatic rings. The van der Waals surface area contributed by atoms with Crippen LogP contribution in [0.1, 0.15) is 11.1 Å². The average molecular weight is 255 g/mol. The minimum atomic E-state index is -0.137. The van der Waals surface area contributed by atoms with Crippen molar-refractivity contribution in [2.45, 2.75) is 5.41 Å². The lowest BCUT2D eigenvalue weighted by Crippen LogP contribution is -2.47. The van der Waals surface area contributed by atoms with E-state index < -0.39 is 0 Å². The summed E-state index contributed by atoms with van der Waals surface area (Å²) in [7, 11) is 1.70. The van der Waals surface area contributed by atoms with Gasteiger partial charge in [0.1, 0.15) is 5.75 Å². The van der Waals surface area contributed by atoms with Crippen molar-refractivity contribution in [1.82, 2.24) is 0 Å². The van der Waals surface area contributed by atoms with Crippen LogP contribution >= 0.6 is 0 Å². The molecule has 0 spiro atoms. The van der Waals surface area contributed by atoms with Crippen LogP contribution in [0, 0.1) is 0 Å². The van der Waals surface area contributed by atoms with E-state index in [1.807, 2.05) is 36.4 Å². The lowest BCUT2D eigenvalue weighted by Gasteiger charge is -2.43. The Morgan fingerprint density at radius 3 is 2.53 bits per heavy atom. The Bertz CT molecular complexity index is 591. The predicted octanol–water partition coefficient (Wildman–Crippen LogP) is 2.59. The van der Waals surface area contributed by atoms with Gasteiger partial charge in [-0.25, -0.2) is 0 Å². The number of rotatable bonds is 3. The fourth-order valence-corrected chi connectivity index (χ4v) is 2.66. The number of hydrogen-bond acceptors (Lipinski definition) is 3. The second kappa shape index (κ2) is 4.59. The van der Waals surface area contributed by atoms with E-state index in [4.69, 9.17) is 15.2 Å². The van der Waals surface area contributed by atoms with Gasteiger partial charge in [-0.15, -0.1) is 0 Å². The highest BCUT2D eigenvalue weighted by Crippen LogP contribution is 2.43. The van der Waals surface area contributed by atoms with E-state index >= 15 is 0 Å². The normalized spacial score (nSPS) is 16.7. The molecule has 1 heterocycles. The number of benzene rings is 2. The molecule has 3 rings (SSSR count). The molecule has 19 heavy (non-hydrogen) atoms. The number of methoxy groups -OCH3 is 1. The summed E-state index contributed by atoms with van der Waals surface area (Å²) in [5, 5.41) is 0. The molecule has 0 atom stereocenters. The summed E-state index contributed by atoms with van der Waals surface area (Å²) in [6.07, 6.45) is 0. The van der Waals surface area contributed by atoms with Gasteiger partial charge in [0.25, 0.3) is 0 Å². The SMILES string of the molecule is COc1ccccc1C1(c2cccc(N)c2)COC1. The maximum Gasteiger partial charge on any atom is 0.123 e. The fraction of sp³-hybridized carbons (Fsp3) is 0.250. The number of para-hydroxylation sites is 1. The predicted molar refractivity (Wildman–Crippen MR) is 75.4 cm³/mol. The second-order valence-corrected chi connectivity index (χ2v) is 4.90. The minimum Gasteiger partial charge on any atom is -0.496 e. The number of nitrogen functional groups attached to an aromatic ring is 1. The summed E-state index contributed by atoms with van der Waals surface area (Å²) >= 11 is 0. The first-order chi connectivity index (χ1) is 9.26. The molecule has 0 aromatic heterocycles. The van der Waals surface area contributed by atoms with Gasteiger partial charge in [0, 0.05) is 11.3 Å². The lowest BCUT2D eigenvalue weighted by molar-refractivity contribution is -0.0388. The van der Waals surface area contributed by atoms with Gasteiger partial charge in [-0.3, -0.25) is 0 Å². The zero-order valence-electron chi connectivity index (χ0n) is 10.9. The van der Waals surface area contributed by atoms with E-state index in [0.29, 0.717) is 13.2 Å². The molecule has 0 amide bonds. The van der Waals surface area contributed by atoms with Crippen molar-refractivity contribution < 1.29 is 9.47 Å². The largest absolute Gasteiger partial charge is 0.496 e. The Morgan fingerprint density at radius 2 is 1.89 bits per heavy atom. The highest BCUT2D eigenvalue weighted by molar-refractivity contribution is 5.53. The van der Waals surface area contributed by atoms with Gasteiger partial charge in [-0.05, 0) is 23.8 Å². The molecule has 1 fully saturated rings. The van der Waals surface area contributed by atoms with Crippen molar-refractivity contribution in [1.29, 1.82) is 0 Å². The molecule has 0 bridgehead atoms. The van der Waals surface area contributed by atoms with Crippen molar-refractivity contribution in [3.05, 3.63) is 59.7 Å². The molecule has 3 nitrogen and oxygen atoms in total. The van der Waals surface area contributed by atoms with Crippen LogP contribution in [0.2, 0.25) is 0 Å². The van der Waals surface area contributed by atoms with Gasteiger partial charge in [0.2, 0.25) is 0 Å². The van der Waals surface area contributed by atoms with E-state index in [1.165, 1.54) is 5.56 Å². The summed E-state index contributed by atoms with van der Waals surface area (Å²) in [5.41, 5.74) is 8.90. The monoisotopic (exact) mass is 255 g/mol. The molecule has 2 aromatic rings. The molecule has 1 saturated heterocycles. The van der Waals surface area contributed by atoms with Crippen molar-refractivity contribution in [2.24, 2.45) is 0 Å². The summed E-state index contributed by atoms with van der Waals surface area (Å²) in [4.78, 5) is 0. The van der Waals surface area contributed by atoms with Crippen LogP contribution in [-0.4, -0.2) is 20.3 Å². The van der Waals surface area contributed by atoms with Crippen LogP contribution in [0.3, 0.4) is 0 Å². The van der Waals surface area contributed by atoms with E-state index in [-0.39, 0.29) is 5.41 Å². The summed E-state index contributed by atoms with van der Waals surface area (Å²) in [6.45, 7) is 1.33. The smallest absolute Gasteiger partial charge is 0.123 e. The maximum atomic E-state index is 5.91.